The molecular formula is C14H16N2O4. The van der Waals surface area contributed by atoms with Gasteiger partial charge in [-0.2, -0.15) is 5.26 Å². The molecule has 6 heteroatoms. The maximum absolute atomic E-state index is 11.4. The summed E-state index contributed by atoms with van der Waals surface area (Å²) in [5.41, 5.74) is 0.472. The van der Waals surface area contributed by atoms with Crippen LogP contribution in [-0.4, -0.2) is 32.0 Å². The van der Waals surface area contributed by atoms with Crippen LogP contribution in [0.5, 0.6) is 11.5 Å². The molecule has 0 aliphatic rings. The molecule has 0 heterocycles. The number of nitriles is 1. The van der Waals surface area contributed by atoms with Crippen molar-refractivity contribution >= 4 is 12.2 Å². The summed E-state index contributed by atoms with van der Waals surface area (Å²) in [5, 5.41) is 10.9. The van der Waals surface area contributed by atoms with Crippen molar-refractivity contribution in [2.45, 2.75) is 13.3 Å². The molecule has 0 aromatic heterocycles. The van der Waals surface area contributed by atoms with Crippen molar-refractivity contribution in [3.05, 3.63) is 23.8 Å². The Morgan fingerprint density at radius 2 is 2.20 bits per heavy atom. The molecule has 0 atom stereocenters. The highest BCUT2D eigenvalue weighted by molar-refractivity contribution is 5.78. The number of nitrogens with zero attached hydrogens (tertiary/aromatic N) is 1. The summed E-state index contributed by atoms with van der Waals surface area (Å²) in [6.07, 6.45) is 0.963. The smallest absolute Gasteiger partial charge is 0.257 e. The second-order valence-corrected chi connectivity index (χ2v) is 3.80. The molecule has 0 spiro atoms. The molecular weight excluding hydrogens is 260 g/mol. The first-order valence-corrected chi connectivity index (χ1v) is 6.19. The summed E-state index contributed by atoms with van der Waals surface area (Å²) in [6.45, 7) is 2.35. The zero-order valence-electron chi connectivity index (χ0n) is 11.2. The molecule has 1 aromatic carbocycles. The van der Waals surface area contributed by atoms with Gasteiger partial charge in [0.05, 0.1) is 19.1 Å². The molecule has 1 aromatic rings. The molecule has 20 heavy (non-hydrogen) atoms. The topological polar surface area (TPSA) is 88.4 Å². The summed E-state index contributed by atoms with van der Waals surface area (Å²) in [4.78, 5) is 22.1. The second-order valence-electron chi connectivity index (χ2n) is 3.80. The van der Waals surface area contributed by atoms with Crippen LogP contribution >= 0.6 is 0 Å². The Labute approximate surface area is 117 Å². The van der Waals surface area contributed by atoms with E-state index in [9.17, 15) is 9.59 Å². The van der Waals surface area contributed by atoms with E-state index in [0.717, 1.165) is 0 Å². The summed E-state index contributed by atoms with van der Waals surface area (Å²) < 4.78 is 10.7. The molecule has 0 aliphatic carbocycles. The van der Waals surface area contributed by atoms with Crippen molar-refractivity contribution in [3.8, 4) is 17.6 Å². The largest absolute Gasteiger partial charge is 0.490 e. The van der Waals surface area contributed by atoms with Crippen molar-refractivity contribution in [2.75, 3.05) is 19.8 Å². The highest BCUT2D eigenvalue weighted by Gasteiger charge is 2.08. The first-order chi connectivity index (χ1) is 9.71. The van der Waals surface area contributed by atoms with Gasteiger partial charge in [-0.05, 0) is 25.1 Å². The van der Waals surface area contributed by atoms with E-state index in [4.69, 9.17) is 14.7 Å². The van der Waals surface area contributed by atoms with E-state index in [1.807, 2.05) is 13.0 Å². The van der Waals surface area contributed by atoms with Crippen LogP contribution in [0.15, 0.2) is 18.2 Å². The van der Waals surface area contributed by atoms with Gasteiger partial charge in [0.15, 0.2) is 18.1 Å². The Kier molecular flexibility index (Phi) is 6.62. The first-order valence-electron chi connectivity index (χ1n) is 6.19. The third-order valence-electron chi connectivity index (χ3n) is 2.32. The maximum Gasteiger partial charge on any atom is 0.257 e. The second kappa shape index (κ2) is 8.53. The maximum atomic E-state index is 11.4. The predicted octanol–water partition coefficient (Wildman–Crippen LogP) is 1.31. The van der Waals surface area contributed by atoms with Gasteiger partial charge < -0.3 is 14.8 Å². The Morgan fingerprint density at radius 3 is 2.85 bits per heavy atom. The molecule has 1 amide bonds. The summed E-state index contributed by atoms with van der Waals surface area (Å²) in [7, 11) is 0. The Balaban J connectivity index is 2.60. The van der Waals surface area contributed by atoms with E-state index in [1.165, 1.54) is 0 Å². The van der Waals surface area contributed by atoms with Crippen LogP contribution in [-0.2, 0) is 4.79 Å². The number of hydrogen-bond acceptors (Lipinski definition) is 5. The van der Waals surface area contributed by atoms with E-state index < -0.39 is 0 Å². The minimum absolute atomic E-state index is 0.175. The number of hydrogen-bond donors (Lipinski definition) is 1. The summed E-state index contributed by atoms with van der Waals surface area (Å²) >= 11 is 0. The fourth-order valence-corrected chi connectivity index (χ4v) is 1.44. The Morgan fingerprint density at radius 1 is 1.40 bits per heavy atom. The molecule has 0 fully saturated rings. The predicted molar refractivity (Wildman–Crippen MR) is 71.7 cm³/mol. The number of nitrogens with one attached hydrogen (secondary N) is 1. The van der Waals surface area contributed by atoms with E-state index in [-0.39, 0.29) is 18.9 Å². The van der Waals surface area contributed by atoms with Gasteiger partial charge in [0, 0.05) is 12.1 Å². The molecule has 0 unspecified atom stereocenters. The highest BCUT2D eigenvalue weighted by Crippen LogP contribution is 2.27. The van der Waals surface area contributed by atoms with Gasteiger partial charge in [-0.25, -0.2) is 0 Å². The Hall–Kier alpha value is -2.55. The Bertz CT molecular complexity index is 508. The molecule has 1 N–H and O–H groups in total. The van der Waals surface area contributed by atoms with Gasteiger partial charge in [0.1, 0.15) is 6.29 Å². The van der Waals surface area contributed by atoms with Crippen molar-refractivity contribution in [1.29, 1.82) is 5.26 Å². The van der Waals surface area contributed by atoms with Gasteiger partial charge in [-0.3, -0.25) is 9.59 Å². The van der Waals surface area contributed by atoms with E-state index in [2.05, 4.69) is 5.32 Å². The zero-order valence-corrected chi connectivity index (χ0v) is 11.2. The van der Waals surface area contributed by atoms with Crippen LogP contribution in [0.4, 0.5) is 0 Å². The lowest BCUT2D eigenvalue weighted by Crippen LogP contribution is -2.29. The number of benzene rings is 1. The van der Waals surface area contributed by atoms with Gasteiger partial charge in [-0.15, -0.1) is 0 Å². The number of ether oxygens (including phenoxy) is 2. The van der Waals surface area contributed by atoms with Crippen molar-refractivity contribution in [3.63, 3.8) is 0 Å². The van der Waals surface area contributed by atoms with Crippen LogP contribution in [0.25, 0.3) is 0 Å². The molecule has 0 radical (unpaired) electrons. The van der Waals surface area contributed by atoms with E-state index >= 15 is 0 Å². The number of carbonyl (C=O) groups excluding carboxylic acids is 2. The highest BCUT2D eigenvalue weighted by atomic mass is 16.5. The fraction of sp³-hybridized carbons (Fsp3) is 0.357. The molecule has 0 saturated carbocycles. The average Bonchev–Trinajstić information content (AvgIpc) is 2.46. The minimum atomic E-state index is -0.317. The van der Waals surface area contributed by atoms with Crippen molar-refractivity contribution in [2.24, 2.45) is 0 Å². The van der Waals surface area contributed by atoms with Gasteiger partial charge in [0.2, 0.25) is 0 Å². The summed E-state index contributed by atoms with van der Waals surface area (Å²) in [6, 6.07) is 6.64. The normalized spacial score (nSPS) is 9.40. The molecule has 0 aliphatic heterocycles. The van der Waals surface area contributed by atoms with Crippen LogP contribution in [0.3, 0.4) is 0 Å². The summed E-state index contributed by atoms with van der Waals surface area (Å²) in [5.74, 6) is 0.497. The lowest BCUT2D eigenvalue weighted by molar-refractivity contribution is -0.123. The minimum Gasteiger partial charge on any atom is -0.490 e. The van der Waals surface area contributed by atoms with Gasteiger partial charge in [0.25, 0.3) is 5.91 Å². The lowest BCUT2D eigenvalue weighted by Gasteiger charge is -2.12. The van der Waals surface area contributed by atoms with E-state index in [0.29, 0.717) is 36.5 Å². The van der Waals surface area contributed by atoms with Crippen LogP contribution in [0.1, 0.15) is 23.7 Å². The van der Waals surface area contributed by atoms with Gasteiger partial charge >= 0.3 is 0 Å². The van der Waals surface area contributed by atoms with Crippen molar-refractivity contribution in [1.82, 2.24) is 5.32 Å². The molecule has 0 saturated heterocycles. The average molecular weight is 276 g/mol. The molecule has 106 valence electrons. The monoisotopic (exact) mass is 276 g/mol. The lowest BCUT2D eigenvalue weighted by atomic mass is 10.2. The number of carbonyl (C=O) groups is 2. The van der Waals surface area contributed by atoms with Crippen molar-refractivity contribution < 1.29 is 19.1 Å². The SMILES string of the molecule is CCOc1cc(C=O)ccc1OCC(=O)NCCC#N. The fourth-order valence-electron chi connectivity index (χ4n) is 1.44. The quantitative estimate of drug-likeness (QED) is 0.571. The number of amides is 1. The van der Waals surface area contributed by atoms with Crippen LogP contribution in [0.2, 0.25) is 0 Å². The number of aldehydes is 1. The zero-order chi connectivity index (χ0) is 14.8. The third-order valence-corrected chi connectivity index (χ3v) is 2.32. The molecule has 1 rings (SSSR count). The standard InChI is InChI=1S/C14H16N2O4/c1-2-19-13-8-11(9-17)4-5-12(13)20-10-14(18)16-7-3-6-15/h4-5,8-9H,2-3,7,10H2,1H3,(H,16,18). The molecule has 0 bridgehead atoms. The molecule has 6 nitrogen and oxygen atoms in total. The number of rotatable bonds is 8. The van der Waals surface area contributed by atoms with Crippen LogP contribution in [0, 0.1) is 11.3 Å². The first kappa shape index (κ1) is 15.5. The van der Waals surface area contributed by atoms with E-state index in [1.54, 1.807) is 18.2 Å². The third kappa shape index (κ3) is 4.98. The van der Waals surface area contributed by atoms with Crippen LogP contribution < -0.4 is 14.8 Å². The van der Waals surface area contributed by atoms with Gasteiger partial charge in [-0.1, -0.05) is 0 Å².